The fourth-order valence-electron chi connectivity index (χ4n) is 0.449. The lowest BCUT2D eigenvalue weighted by atomic mass is 10.3. The molecule has 0 bridgehead atoms. The second-order valence-corrected chi connectivity index (χ2v) is 1.29. The second kappa shape index (κ2) is 1.53. The summed E-state index contributed by atoms with van der Waals surface area (Å²) in [5.41, 5.74) is 0.736. The minimum absolute atomic E-state index is 0.736. The Morgan fingerprint density at radius 3 is 2.86 bits per heavy atom. The van der Waals surface area contributed by atoms with E-state index in [1.807, 2.05) is 18.6 Å². The first-order valence-electron chi connectivity index (χ1n) is 2.05. The van der Waals surface area contributed by atoms with E-state index in [9.17, 15) is 0 Å². The number of hydrogen-bond acceptors (Lipinski definition) is 1. The molecule has 0 heterocycles. The molecule has 1 rings (SSSR count). The van der Waals surface area contributed by atoms with Gasteiger partial charge in [-0.05, 0) is 0 Å². The summed E-state index contributed by atoms with van der Waals surface area (Å²) < 4.78 is 0. The van der Waals surface area contributed by atoms with Gasteiger partial charge in [-0.2, -0.15) is 5.26 Å². The molecule has 1 aliphatic carbocycles. The van der Waals surface area contributed by atoms with Crippen LogP contribution in [0.25, 0.3) is 0 Å². The van der Waals surface area contributed by atoms with Crippen molar-refractivity contribution in [2.24, 2.45) is 0 Å². The normalized spacial score (nSPS) is 15.0. The molecular weight excluding hydrogens is 86.1 g/mol. The van der Waals surface area contributed by atoms with Crippen LogP contribution in [-0.2, 0) is 0 Å². The first-order chi connectivity index (χ1) is 3.43. The molecule has 0 fully saturated rings. The summed E-state index contributed by atoms with van der Waals surface area (Å²) in [7, 11) is 0. The van der Waals surface area contributed by atoms with Crippen molar-refractivity contribution in [3.8, 4) is 6.07 Å². The number of nitrogens with zero attached hydrogens (tertiary/aromatic N) is 1. The zero-order valence-corrected chi connectivity index (χ0v) is 3.76. The predicted molar refractivity (Wildman–Crippen MR) is 27.1 cm³/mol. The van der Waals surface area contributed by atoms with Gasteiger partial charge in [0.25, 0.3) is 0 Å². The Morgan fingerprint density at radius 1 is 1.71 bits per heavy atom. The van der Waals surface area contributed by atoms with E-state index < -0.39 is 0 Å². The van der Waals surface area contributed by atoms with E-state index in [1.54, 1.807) is 12.2 Å². The fourth-order valence-corrected chi connectivity index (χ4v) is 0.449. The van der Waals surface area contributed by atoms with Crippen LogP contribution in [0.15, 0.2) is 23.8 Å². The number of nitriles is 1. The fraction of sp³-hybridized carbons (Fsp3) is 0. The van der Waals surface area contributed by atoms with Gasteiger partial charge in [0, 0.05) is 6.42 Å². The molecule has 0 aromatic carbocycles. The summed E-state index contributed by atoms with van der Waals surface area (Å²) in [5.74, 6) is 0. The van der Waals surface area contributed by atoms with Gasteiger partial charge < -0.3 is 0 Å². The largest absolute Gasteiger partial charge is 0.196 e. The van der Waals surface area contributed by atoms with Crippen LogP contribution >= 0.6 is 0 Å². The van der Waals surface area contributed by atoms with E-state index in [2.05, 4.69) is 0 Å². The van der Waals surface area contributed by atoms with Gasteiger partial charge in [0.2, 0.25) is 0 Å². The summed E-state index contributed by atoms with van der Waals surface area (Å²) >= 11 is 0. The first kappa shape index (κ1) is 4.01. The van der Waals surface area contributed by atoms with E-state index >= 15 is 0 Å². The van der Waals surface area contributed by atoms with Crippen molar-refractivity contribution in [3.63, 3.8) is 0 Å². The maximum Gasteiger partial charge on any atom is 0.196 e. The summed E-state index contributed by atoms with van der Waals surface area (Å²) in [4.78, 5) is 0. The molecule has 1 aliphatic rings. The van der Waals surface area contributed by atoms with E-state index in [0.717, 1.165) is 5.57 Å². The smallest absolute Gasteiger partial charge is 0.175 e. The lowest BCUT2D eigenvalue weighted by molar-refractivity contribution is 1.51. The maximum atomic E-state index is 8.18. The maximum absolute atomic E-state index is 8.18. The standard InChI is InChI=1S/C6H4N/c7-5-6-3-1-2-4-6/h1-4H/q+1. The Kier molecular flexibility index (Phi) is 0.874. The van der Waals surface area contributed by atoms with Crippen LogP contribution in [0.3, 0.4) is 0 Å². The van der Waals surface area contributed by atoms with Crippen LogP contribution in [0, 0.1) is 17.8 Å². The van der Waals surface area contributed by atoms with Crippen LogP contribution in [0.5, 0.6) is 0 Å². The third-order valence-corrected chi connectivity index (χ3v) is 0.792. The lowest BCUT2D eigenvalue weighted by Crippen LogP contribution is -1.58. The van der Waals surface area contributed by atoms with Gasteiger partial charge in [0.1, 0.15) is 0 Å². The Morgan fingerprint density at radius 2 is 2.57 bits per heavy atom. The van der Waals surface area contributed by atoms with Crippen LogP contribution < -0.4 is 0 Å². The van der Waals surface area contributed by atoms with Crippen LogP contribution in [0.2, 0.25) is 0 Å². The molecule has 32 valence electrons. The molecule has 7 heavy (non-hydrogen) atoms. The molecule has 0 atom stereocenters. The molecule has 1 nitrogen and oxygen atoms in total. The Labute approximate surface area is 42.6 Å². The minimum Gasteiger partial charge on any atom is -0.175 e. The topological polar surface area (TPSA) is 23.8 Å². The number of hydrogen-bond donors (Lipinski definition) is 0. The SMILES string of the molecule is N#CC1=C[CH+]C=C1. The molecule has 0 saturated carbocycles. The van der Waals surface area contributed by atoms with Crippen molar-refractivity contribution in [3.05, 3.63) is 30.2 Å². The highest BCUT2D eigenvalue weighted by Crippen LogP contribution is 2.04. The summed E-state index contributed by atoms with van der Waals surface area (Å²) in [5, 5.41) is 8.18. The summed E-state index contributed by atoms with van der Waals surface area (Å²) in [6.07, 6.45) is 7.25. The molecule has 1 heteroatoms. The van der Waals surface area contributed by atoms with Crippen molar-refractivity contribution in [2.45, 2.75) is 0 Å². The minimum atomic E-state index is 0.736. The van der Waals surface area contributed by atoms with Crippen molar-refractivity contribution in [2.75, 3.05) is 0 Å². The average molecular weight is 90.1 g/mol. The predicted octanol–water partition coefficient (Wildman–Crippen LogP) is 1.21. The molecule has 0 N–H and O–H groups in total. The van der Waals surface area contributed by atoms with Crippen LogP contribution in [0.1, 0.15) is 0 Å². The van der Waals surface area contributed by atoms with E-state index in [4.69, 9.17) is 5.26 Å². The molecule has 0 radical (unpaired) electrons. The molecule has 0 aromatic heterocycles. The second-order valence-electron chi connectivity index (χ2n) is 1.29. The summed E-state index contributed by atoms with van der Waals surface area (Å²) in [6.45, 7) is 0. The molecule has 0 unspecified atom stereocenters. The van der Waals surface area contributed by atoms with Gasteiger partial charge in [0.15, 0.2) is 11.6 Å². The quantitative estimate of drug-likeness (QED) is 0.410. The van der Waals surface area contributed by atoms with Gasteiger partial charge in [0.05, 0.1) is 18.2 Å². The van der Waals surface area contributed by atoms with Gasteiger partial charge in [-0.25, -0.2) is 0 Å². The Hall–Kier alpha value is -1.16. The number of allylic oxidation sites excluding steroid dienone is 4. The Bertz CT molecular complexity index is 158. The highest BCUT2D eigenvalue weighted by Gasteiger charge is 2.03. The summed E-state index contributed by atoms with van der Waals surface area (Å²) in [6, 6.07) is 2.01. The van der Waals surface area contributed by atoms with Crippen molar-refractivity contribution in [1.82, 2.24) is 0 Å². The zero-order chi connectivity index (χ0) is 5.11. The number of rotatable bonds is 0. The Balaban J connectivity index is 2.75. The lowest BCUT2D eigenvalue weighted by Gasteiger charge is -1.56. The van der Waals surface area contributed by atoms with E-state index in [1.165, 1.54) is 0 Å². The highest BCUT2D eigenvalue weighted by molar-refractivity contribution is 5.42. The highest BCUT2D eigenvalue weighted by atomic mass is 14.2. The van der Waals surface area contributed by atoms with Gasteiger partial charge in [-0.15, -0.1) is 0 Å². The third kappa shape index (κ3) is 0.635. The van der Waals surface area contributed by atoms with Gasteiger partial charge >= 0.3 is 0 Å². The van der Waals surface area contributed by atoms with Crippen LogP contribution in [0.4, 0.5) is 0 Å². The molecule has 0 amide bonds. The van der Waals surface area contributed by atoms with Gasteiger partial charge in [-0.3, -0.25) is 0 Å². The monoisotopic (exact) mass is 90.0 g/mol. The first-order valence-corrected chi connectivity index (χ1v) is 2.05. The van der Waals surface area contributed by atoms with Crippen molar-refractivity contribution >= 4 is 0 Å². The third-order valence-electron chi connectivity index (χ3n) is 0.792. The molecular formula is C6H4N+. The molecule has 0 spiro atoms. The molecule has 0 saturated heterocycles. The zero-order valence-electron chi connectivity index (χ0n) is 3.76. The van der Waals surface area contributed by atoms with Crippen LogP contribution in [-0.4, -0.2) is 0 Å². The van der Waals surface area contributed by atoms with Crippen molar-refractivity contribution in [1.29, 1.82) is 5.26 Å². The van der Waals surface area contributed by atoms with E-state index in [-0.39, 0.29) is 0 Å². The average Bonchev–Trinajstić information content (AvgIpc) is 2.14. The molecule has 0 aliphatic heterocycles. The van der Waals surface area contributed by atoms with E-state index in [0.29, 0.717) is 0 Å². The van der Waals surface area contributed by atoms with Gasteiger partial charge in [-0.1, -0.05) is 0 Å². The van der Waals surface area contributed by atoms with Crippen molar-refractivity contribution < 1.29 is 0 Å². The molecule has 0 aromatic rings.